The molecule has 20 heavy (non-hydrogen) atoms. The number of hydrogen-bond donors (Lipinski definition) is 1. The van der Waals surface area contributed by atoms with Gasteiger partial charge < -0.3 is 15.1 Å². The Kier molecular flexibility index (Phi) is 5.84. The molecule has 5 nitrogen and oxygen atoms in total. The van der Waals surface area contributed by atoms with E-state index in [0.717, 1.165) is 26.1 Å². The molecule has 0 amide bonds. The fourth-order valence-electron chi connectivity index (χ4n) is 3.26. The number of nitrogens with one attached hydrogen (secondary N) is 1. The molecule has 0 aromatic carbocycles. The van der Waals surface area contributed by atoms with E-state index in [1.54, 1.807) is 0 Å². The molecule has 0 spiro atoms. The highest BCUT2D eigenvalue weighted by molar-refractivity contribution is 7.91. The first-order chi connectivity index (χ1) is 9.50. The average molecular weight is 303 g/mol. The molecule has 0 aromatic heterocycles. The third-order valence-corrected chi connectivity index (χ3v) is 6.53. The van der Waals surface area contributed by atoms with Gasteiger partial charge in [-0.3, -0.25) is 0 Å². The highest BCUT2D eigenvalue weighted by Crippen LogP contribution is 2.15. The van der Waals surface area contributed by atoms with Gasteiger partial charge in [0, 0.05) is 25.2 Å². The summed E-state index contributed by atoms with van der Waals surface area (Å²) >= 11 is 0. The zero-order valence-electron chi connectivity index (χ0n) is 12.8. The molecule has 2 rings (SSSR count). The number of piperidine rings is 1. The van der Waals surface area contributed by atoms with Crippen LogP contribution in [0.25, 0.3) is 0 Å². The van der Waals surface area contributed by atoms with E-state index in [1.165, 1.54) is 25.9 Å². The van der Waals surface area contributed by atoms with E-state index in [4.69, 9.17) is 0 Å². The van der Waals surface area contributed by atoms with Crippen LogP contribution >= 0.6 is 0 Å². The minimum atomic E-state index is -2.76. The summed E-state index contributed by atoms with van der Waals surface area (Å²) in [5, 5.41) is 3.40. The van der Waals surface area contributed by atoms with Crippen molar-refractivity contribution in [1.29, 1.82) is 0 Å². The number of hydrogen-bond acceptors (Lipinski definition) is 5. The number of nitrogens with zero attached hydrogens (tertiary/aromatic N) is 2. The van der Waals surface area contributed by atoms with Gasteiger partial charge in [-0.25, -0.2) is 8.42 Å². The molecule has 0 aromatic rings. The van der Waals surface area contributed by atoms with Crippen LogP contribution in [0.4, 0.5) is 0 Å². The van der Waals surface area contributed by atoms with E-state index in [9.17, 15) is 8.42 Å². The van der Waals surface area contributed by atoms with Gasteiger partial charge in [-0.05, 0) is 45.9 Å². The van der Waals surface area contributed by atoms with E-state index in [1.807, 2.05) is 0 Å². The van der Waals surface area contributed by atoms with Crippen molar-refractivity contribution in [3.05, 3.63) is 0 Å². The Morgan fingerprint density at radius 3 is 2.50 bits per heavy atom. The van der Waals surface area contributed by atoms with Crippen molar-refractivity contribution in [2.75, 3.05) is 51.3 Å². The van der Waals surface area contributed by atoms with Crippen LogP contribution in [-0.4, -0.2) is 81.6 Å². The smallest absolute Gasteiger partial charge is 0.151 e. The molecular weight excluding hydrogens is 274 g/mol. The molecule has 2 aliphatic rings. The van der Waals surface area contributed by atoms with Crippen LogP contribution in [-0.2, 0) is 9.84 Å². The second-order valence-electron chi connectivity index (χ2n) is 6.20. The largest absolute Gasteiger partial charge is 0.312 e. The van der Waals surface area contributed by atoms with E-state index < -0.39 is 9.84 Å². The Labute approximate surface area is 123 Å². The van der Waals surface area contributed by atoms with Crippen molar-refractivity contribution in [3.8, 4) is 0 Å². The SMILES string of the molecule is CCN1CCC(N(C)CCNC2CCS(=O)(=O)C2)CC1. The van der Waals surface area contributed by atoms with Crippen LogP contribution in [0, 0.1) is 0 Å². The molecule has 0 radical (unpaired) electrons. The van der Waals surface area contributed by atoms with Crippen molar-refractivity contribution in [2.24, 2.45) is 0 Å². The van der Waals surface area contributed by atoms with Gasteiger partial charge >= 0.3 is 0 Å². The van der Waals surface area contributed by atoms with Gasteiger partial charge in [0.1, 0.15) is 0 Å². The lowest BCUT2D eigenvalue weighted by Crippen LogP contribution is -2.45. The van der Waals surface area contributed by atoms with Gasteiger partial charge in [-0.1, -0.05) is 6.92 Å². The Morgan fingerprint density at radius 2 is 1.95 bits per heavy atom. The van der Waals surface area contributed by atoms with Gasteiger partial charge in [-0.15, -0.1) is 0 Å². The standard InChI is InChI=1S/C14H29N3O2S/c1-3-17-8-4-14(5-9-17)16(2)10-7-15-13-6-11-20(18,19)12-13/h13-15H,3-12H2,1-2H3. The summed E-state index contributed by atoms with van der Waals surface area (Å²) in [4.78, 5) is 4.94. The zero-order valence-corrected chi connectivity index (χ0v) is 13.7. The van der Waals surface area contributed by atoms with E-state index in [2.05, 4.69) is 29.1 Å². The molecule has 1 N–H and O–H groups in total. The first-order valence-corrected chi connectivity index (χ1v) is 9.68. The Morgan fingerprint density at radius 1 is 1.25 bits per heavy atom. The molecule has 1 unspecified atom stereocenters. The molecule has 0 aliphatic carbocycles. The molecule has 2 heterocycles. The van der Waals surface area contributed by atoms with Crippen molar-refractivity contribution >= 4 is 9.84 Å². The monoisotopic (exact) mass is 303 g/mol. The van der Waals surface area contributed by atoms with Gasteiger partial charge in [-0.2, -0.15) is 0 Å². The van der Waals surface area contributed by atoms with E-state index >= 15 is 0 Å². The zero-order chi connectivity index (χ0) is 14.6. The molecule has 2 fully saturated rings. The summed E-state index contributed by atoms with van der Waals surface area (Å²) in [6, 6.07) is 0.863. The summed E-state index contributed by atoms with van der Waals surface area (Å²) in [5.41, 5.74) is 0. The minimum absolute atomic E-state index is 0.176. The predicted octanol–water partition coefficient (Wildman–Crippen LogP) is 0.179. The second-order valence-corrected chi connectivity index (χ2v) is 8.43. The first kappa shape index (κ1) is 16.2. The van der Waals surface area contributed by atoms with Gasteiger partial charge in [0.15, 0.2) is 9.84 Å². The maximum Gasteiger partial charge on any atom is 0.151 e. The van der Waals surface area contributed by atoms with Crippen LogP contribution in [0.3, 0.4) is 0 Å². The van der Waals surface area contributed by atoms with Crippen LogP contribution in [0.1, 0.15) is 26.2 Å². The van der Waals surface area contributed by atoms with Crippen molar-refractivity contribution in [1.82, 2.24) is 15.1 Å². The molecule has 0 bridgehead atoms. The Balaban J connectivity index is 1.62. The average Bonchev–Trinajstić information content (AvgIpc) is 2.78. The molecule has 118 valence electrons. The molecule has 6 heteroatoms. The van der Waals surface area contributed by atoms with Crippen molar-refractivity contribution in [2.45, 2.75) is 38.3 Å². The van der Waals surface area contributed by atoms with Crippen LogP contribution in [0.5, 0.6) is 0 Å². The topological polar surface area (TPSA) is 52.6 Å². The van der Waals surface area contributed by atoms with Crippen LogP contribution in [0.2, 0.25) is 0 Å². The van der Waals surface area contributed by atoms with E-state index in [0.29, 0.717) is 17.5 Å². The Bertz CT molecular complexity index is 391. The second kappa shape index (κ2) is 7.20. The highest BCUT2D eigenvalue weighted by Gasteiger charge is 2.27. The summed E-state index contributed by atoms with van der Waals surface area (Å²) in [6.07, 6.45) is 3.28. The fraction of sp³-hybridized carbons (Fsp3) is 1.00. The van der Waals surface area contributed by atoms with E-state index in [-0.39, 0.29) is 6.04 Å². The lowest BCUT2D eigenvalue weighted by Gasteiger charge is -2.36. The third kappa shape index (κ3) is 4.69. The number of rotatable bonds is 6. The fourth-order valence-corrected chi connectivity index (χ4v) is 4.97. The maximum absolute atomic E-state index is 11.4. The molecule has 0 saturated carbocycles. The van der Waals surface area contributed by atoms with Gasteiger partial charge in [0.25, 0.3) is 0 Å². The minimum Gasteiger partial charge on any atom is -0.312 e. The Hall–Kier alpha value is -0.170. The highest BCUT2D eigenvalue weighted by atomic mass is 32.2. The molecule has 1 atom stereocenters. The molecular formula is C14H29N3O2S. The van der Waals surface area contributed by atoms with Crippen LogP contribution < -0.4 is 5.32 Å². The summed E-state index contributed by atoms with van der Waals surface area (Å²) in [5.74, 6) is 0.682. The van der Waals surface area contributed by atoms with Gasteiger partial charge in [0.2, 0.25) is 0 Å². The summed E-state index contributed by atoms with van der Waals surface area (Å²) in [6.45, 7) is 7.70. The quantitative estimate of drug-likeness (QED) is 0.758. The van der Waals surface area contributed by atoms with Crippen molar-refractivity contribution in [3.63, 3.8) is 0 Å². The molecule has 2 aliphatic heterocycles. The number of likely N-dealkylation sites (tertiary alicyclic amines) is 1. The third-order valence-electron chi connectivity index (χ3n) is 4.76. The summed E-state index contributed by atoms with van der Waals surface area (Å²) < 4.78 is 22.8. The van der Waals surface area contributed by atoms with Crippen LogP contribution in [0.15, 0.2) is 0 Å². The number of sulfone groups is 1. The lowest BCUT2D eigenvalue weighted by molar-refractivity contribution is 0.131. The number of likely N-dealkylation sites (N-methyl/N-ethyl adjacent to an activating group) is 1. The first-order valence-electron chi connectivity index (χ1n) is 7.86. The maximum atomic E-state index is 11.4. The molecule has 2 saturated heterocycles. The predicted molar refractivity (Wildman–Crippen MR) is 82.8 cm³/mol. The van der Waals surface area contributed by atoms with Crippen molar-refractivity contribution < 1.29 is 8.42 Å². The normalized spacial score (nSPS) is 28.2. The van der Waals surface area contributed by atoms with Gasteiger partial charge in [0.05, 0.1) is 11.5 Å². The lowest BCUT2D eigenvalue weighted by atomic mass is 10.0. The summed E-state index contributed by atoms with van der Waals surface area (Å²) in [7, 11) is -0.564.